The smallest absolute Gasteiger partial charge is 0.0727 e. The van der Waals surface area contributed by atoms with Crippen molar-refractivity contribution in [3.63, 3.8) is 0 Å². The molecule has 0 radical (unpaired) electrons. The third kappa shape index (κ3) is 5.46. The fraction of sp³-hybridized carbons (Fsp3) is 0.164. The number of hydrogen-bond acceptors (Lipinski definition) is 2. The normalized spacial score (nSPS) is 13.6. The van der Waals surface area contributed by atoms with Crippen molar-refractivity contribution in [3.05, 3.63) is 209 Å². The lowest BCUT2D eigenvalue weighted by Gasteiger charge is -2.33. The predicted molar refractivity (Wildman–Crippen MR) is 242 cm³/mol. The van der Waals surface area contributed by atoms with Gasteiger partial charge in [-0.3, -0.25) is 0 Å². The third-order valence-electron chi connectivity index (χ3n) is 12.4. The van der Waals surface area contributed by atoms with Crippen molar-refractivity contribution in [1.82, 2.24) is 0 Å². The molecular formula is C55H48N2. The summed E-state index contributed by atoms with van der Waals surface area (Å²) in [6.45, 7) is 13.6. The van der Waals surface area contributed by atoms with Crippen LogP contribution in [0.4, 0.5) is 28.4 Å². The minimum Gasteiger partial charge on any atom is -0.356 e. The number of nitrogens with one attached hydrogen (secondary N) is 1. The largest absolute Gasteiger partial charge is 0.356 e. The molecule has 2 heteroatoms. The lowest BCUT2D eigenvalue weighted by atomic mass is 9.70. The van der Waals surface area contributed by atoms with Gasteiger partial charge in [0.2, 0.25) is 0 Å². The van der Waals surface area contributed by atoms with Crippen molar-refractivity contribution in [3.8, 4) is 22.3 Å². The molecule has 8 aromatic carbocycles. The summed E-state index contributed by atoms with van der Waals surface area (Å²) in [4.78, 5) is 2.47. The number of fused-ring (bicyclic) bond motifs is 12. The summed E-state index contributed by atoms with van der Waals surface area (Å²) in [5.74, 6) is 0. The molecule has 2 aliphatic rings. The Kier molecular flexibility index (Phi) is 7.89. The van der Waals surface area contributed by atoms with E-state index >= 15 is 0 Å². The van der Waals surface area contributed by atoms with E-state index < -0.39 is 5.41 Å². The zero-order valence-electron chi connectivity index (χ0n) is 33.7. The maximum absolute atomic E-state index is 3.81. The third-order valence-corrected chi connectivity index (χ3v) is 12.4. The van der Waals surface area contributed by atoms with Crippen molar-refractivity contribution in [1.29, 1.82) is 0 Å². The second-order valence-corrected chi connectivity index (χ2v) is 17.9. The fourth-order valence-corrected chi connectivity index (χ4v) is 9.57. The van der Waals surface area contributed by atoms with Crippen LogP contribution in [0, 0.1) is 0 Å². The SMILES string of the molecule is CC(C)(C)c1ccc(Nc2ccc3c(c2)C2(c4ccccc4-c4ccccc42)c2cc(N(c4ccccc4)c4ccc(C(C)(C)C)cc4)c4ccccc4c2-3)cc1. The summed E-state index contributed by atoms with van der Waals surface area (Å²) in [5.41, 5.74) is 18.4. The van der Waals surface area contributed by atoms with Gasteiger partial charge >= 0.3 is 0 Å². The molecule has 0 bridgehead atoms. The molecule has 0 aromatic heterocycles. The minimum atomic E-state index is -0.525. The highest BCUT2D eigenvalue weighted by Crippen LogP contribution is 2.65. The molecular weight excluding hydrogens is 689 g/mol. The van der Waals surface area contributed by atoms with Crippen LogP contribution in [0.2, 0.25) is 0 Å². The quantitative estimate of drug-likeness (QED) is 0.189. The highest BCUT2D eigenvalue weighted by atomic mass is 15.1. The van der Waals surface area contributed by atoms with Crippen molar-refractivity contribution in [2.24, 2.45) is 0 Å². The molecule has 0 atom stereocenters. The highest BCUT2D eigenvalue weighted by Gasteiger charge is 2.52. The Balaban J connectivity index is 1.26. The van der Waals surface area contributed by atoms with Crippen molar-refractivity contribution in [2.45, 2.75) is 57.8 Å². The molecule has 0 fully saturated rings. The van der Waals surface area contributed by atoms with Gasteiger partial charge in [-0.15, -0.1) is 0 Å². The average molecular weight is 737 g/mol. The first-order valence-corrected chi connectivity index (χ1v) is 20.3. The molecule has 1 spiro atoms. The second kappa shape index (κ2) is 12.8. The molecule has 2 nitrogen and oxygen atoms in total. The minimum absolute atomic E-state index is 0.0569. The molecule has 0 saturated carbocycles. The summed E-state index contributed by atoms with van der Waals surface area (Å²) in [5, 5.41) is 6.30. The van der Waals surface area contributed by atoms with Gasteiger partial charge in [-0.25, -0.2) is 0 Å². The lowest BCUT2D eigenvalue weighted by molar-refractivity contribution is 0.590. The fourth-order valence-electron chi connectivity index (χ4n) is 9.57. The number of para-hydroxylation sites is 1. The standard InChI is InChI=1S/C55H48N2/c1-53(2,3)36-24-28-38(29-25-36)56-39-30-33-46-49(34-39)55(47-22-14-12-18-42(47)43-19-13-15-23-48(43)55)50-35-51(44-20-10-11-21-45(44)52(46)50)57(40-16-8-7-9-17-40)41-31-26-37(27-32-41)54(4,5)6/h7-35,56H,1-6H3. The Morgan fingerprint density at radius 3 is 1.53 bits per heavy atom. The van der Waals surface area contributed by atoms with Gasteiger partial charge in [0.25, 0.3) is 0 Å². The summed E-state index contributed by atoms with van der Waals surface area (Å²) in [6.07, 6.45) is 0. The van der Waals surface area contributed by atoms with Gasteiger partial charge in [-0.1, -0.05) is 163 Å². The number of hydrogen-bond donors (Lipinski definition) is 1. The van der Waals surface area contributed by atoms with E-state index in [-0.39, 0.29) is 10.8 Å². The van der Waals surface area contributed by atoms with Gasteiger partial charge in [-0.2, -0.15) is 0 Å². The van der Waals surface area contributed by atoms with Crippen LogP contribution in [-0.2, 0) is 16.2 Å². The van der Waals surface area contributed by atoms with E-state index in [0.29, 0.717) is 0 Å². The first kappa shape index (κ1) is 35.1. The van der Waals surface area contributed by atoms with Crippen molar-refractivity contribution in [2.75, 3.05) is 10.2 Å². The van der Waals surface area contributed by atoms with Crippen LogP contribution < -0.4 is 10.2 Å². The van der Waals surface area contributed by atoms with Gasteiger partial charge in [0.1, 0.15) is 0 Å². The van der Waals surface area contributed by atoms with Gasteiger partial charge in [0.15, 0.2) is 0 Å². The Morgan fingerprint density at radius 2 is 0.912 bits per heavy atom. The summed E-state index contributed by atoms with van der Waals surface area (Å²) in [6, 6.07) is 65.8. The molecule has 2 aliphatic carbocycles. The number of nitrogens with zero attached hydrogens (tertiary/aromatic N) is 1. The maximum atomic E-state index is 3.81. The molecule has 10 rings (SSSR count). The van der Waals surface area contributed by atoms with E-state index in [9.17, 15) is 0 Å². The molecule has 0 amide bonds. The van der Waals surface area contributed by atoms with Gasteiger partial charge in [0, 0.05) is 28.1 Å². The lowest BCUT2D eigenvalue weighted by Crippen LogP contribution is -2.26. The van der Waals surface area contributed by atoms with E-state index in [2.05, 4.69) is 228 Å². The molecule has 0 aliphatic heterocycles. The second-order valence-electron chi connectivity index (χ2n) is 17.9. The van der Waals surface area contributed by atoms with E-state index in [0.717, 1.165) is 22.7 Å². The Hall–Kier alpha value is -6.38. The monoisotopic (exact) mass is 736 g/mol. The van der Waals surface area contributed by atoms with E-state index in [1.807, 2.05) is 0 Å². The van der Waals surface area contributed by atoms with Crippen LogP contribution in [0.15, 0.2) is 176 Å². The molecule has 0 saturated heterocycles. The van der Waals surface area contributed by atoms with Crippen LogP contribution in [0.3, 0.4) is 0 Å². The summed E-state index contributed by atoms with van der Waals surface area (Å²) in [7, 11) is 0. The van der Waals surface area contributed by atoms with Crippen LogP contribution in [0.1, 0.15) is 74.9 Å². The van der Waals surface area contributed by atoms with E-state index in [1.54, 1.807) is 0 Å². The predicted octanol–water partition coefficient (Wildman–Crippen LogP) is 15.0. The zero-order valence-corrected chi connectivity index (χ0v) is 33.7. The van der Waals surface area contributed by atoms with Gasteiger partial charge < -0.3 is 10.2 Å². The molecule has 0 unspecified atom stereocenters. The van der Waals surface area contributed by atoms with Gasteiger partial charge in [0.05, 0.1) is 11.1 Å². The molecule has 1 N–H and O–H groups in total. The molecule has 57 heavy (non-hydrogen) atoms. The molecule has 8 aromatic rings. The number of benzene rings is 8. The van der Waals surface area contributed by atoms with Crippen LogP contribution in [-0.4, -0.2) is 0 Å². The Bertz CT molecular complexity index is 2770. The highest BCUT2D eigenvalue weighted by molar-refractivity contribution is 6.12. The number of rotatable bonds is 5. The Morgan fingerprint density at radius 1 is 0.404 bits per heavy atom. The Labute approximate surface area is 337 Å². The topological polar surface area (TPSA) is 15.3 Å². The van der Waals surface area contributed by atoms with Gasteiger partial charge in [-0.05, 0) is 126 Å². The zero-order chi connectivity index (χ0) is 39.1. The average Bonchev–Trinajstić information content (AvgIpc) is 3.68. The van der Waals surface area contributed by atoms with Crippen LogP contribution >= 0.6 is 0 Å². The molecule has 278 valence electrons. The summed E-state index contributed by atoms with van der Waals surface area (Å²) < 4.78 is 0. The van der Waals surface area contributed by atoms with Crippen LogP contribution in [0.25, 0.3) is 33.0 Å². The van der Waals surface area contributed by atoms with E-state index in [4.69, 9.17) is 0 Å². The first-order chi connectivity index (χ1) is 27.5. The summed E-state index contributed by atoms with van der Waals surface area (Å²) >= 11 is 0. The van der Waals surface area contributed by atoms with Crippen molar-refractivity contribution < 1.29 is 0 Å². The van der Waals surface area contributed by atoms with Crippen LogP contribution in [0.5, 0.6) is 0 Å². The first-order valence-electron chi connectivity index (χ1n) is 20.3. The van der Waals surface area contributed by atoms with Crippen molar-refractivity contribution >= 4 is 39.2 Å². The molecule has 0 heterocycles. The van der Waals surface area contributed by atoms with E-state index in [1.165, 1.54) is 72.1 Å². The number of anilines is 5. The maximum Gasteiger partial charge on any atom is 0.0727 e.